The van der Waals surface area contributed by atoms with E-state index in [4.69, 9.17) is 34.8 Å². The number of nitrogens with zero attached hydrogens (tertiary/aromatic N) is 5. The van der Waals surface area contributed by atoms with Gasteiger partial charge in [-0.2, -0.15) is 10.5 Å². The summed E-state index contributed by atoms with van der Waals surface area (Å²) in [5, 5.41) is 30.7. The smallest absolute Gasteiger partial charge is 0.272 e. The molecule has 0 amide bonds. The third-order valence-corrected chi connectivity index (χ3v) is 7.65. The van der Waals surface area contributed by atoms with E-state index in [-0.39, 0.29) is 59.8 Å². The van der Waals surface area contributed by atoms with Crippen LogP contribution in [0.15, 0.2) is 70.1 Å². The number of allylic oxidation sites excluding steroid dienone is 1. The van der Waals surface area contributed by atoms with Crippen molar-refractivity contribution in [2.75, 3.05) is 9.62 Å². The summed E-state index contributed by atoms with van der Waals surface area (Å²) in [6, 6.07) is 16.0. The van der Waals surface area contributed by atoms with Gasteiger partial charge in [0.1, 0.15) is 18.0 Å². The number of nitrogens with one attached hydrogen (secondary N) is 1. The van der Waals surface area contributed by atoms with Crippen LogP contribution in [0.4, 0.5) is 22.7 Å². The molecule has 0 aliphatic carbocycles. The summed E-state index contributed by atoms with van der Waals surface area (Å²) < 4.78 is 28.8. The molecule has 0 saturated heterocycles. The topological polar surface area (TPSA) is 152 Å². The molecule has 0 bridgehead atoms. The minimum atomic E-state index is -4.18. The summed E-state index contributed by atoms with van der Waals surface area (Å²) in [5.74, 6) is 0.220. The van der Waals surface area contributed by atoms with Crippen molar-refractivity contribution >= 4 is 79.1 Å². The van der Waals surface area contributed by atoms with Gasteiger partial charge in [-0.3, -0.25) is 19.7 Å². The Kier molecular flexibility index (Phi) is 7.31. The van der Waals surface area contributed by atoms with Crippen LogP contribution in [0.25, 0.3) is 5.70 Å². The molecule has 3 aromatic rings. The summed E-state index contributed by atoms with van der Waals surface area (Å²) in [6.45, 7) is 1.55. The van der Waals surface area contributed by atoms with Crippen LogP contribution in [0.2, 0.25) is 15.1 Å². The maximum Gasteiger partial charge on any atom is 0.272 e. The number of nitriles is 2. The highest BCUT2D eigenvalue weighted by Crippen LogP contribution is 2.46. The predicted molar refractivity (Wildman–Crippen MR) is 145 cm³/mol. The number of para-hydroxylation sites is 1. The average molecular weight is 588 g/mol. The van der Waals surface area contributed by atoms with Crippen LogP contribution >= 0.6 is 34.8 Å². The summed E-state index contributed by atoms with van der Waals surface area (Å²) in [4.78, 5) is 16.1. The van der Waals surface area contributed by atoms with Gasteiger partial charge in [-0.25, -0.2) is 13.4 Å². The number of nitro groups is 1. The Labute approximate surface area is 231 Å². The lowest BCUT2D eigenvalue weighted by Crippen LogP contribution is -2.31. The highest BCUT2D eigenvalue weighted by atomic mass is 35.5. The number of hydrogen-bond donors (Lipinski definition) is 1. The van der Waals surface area contributed by atoms with Gasteiger partial charge in [0.25, 0.3) is 15.7 Å². The first-order valence-corrected chi connectivity index (χ1v) is 13.0. The van der Waals surface area contributed by atoms with Crippen molar-refractivity contribution in [3.05, 3.63) is 90.9 Å². The number of anilines is 2. The number of hydrogen-bond acceptors (Lipinski definition) is 8. The molecule has 14 heteroatoms. The first-order valence-electron chi connectivity index (χ1n) is 10.4. The number of benzene rings is 3. The van der Waals surface area contributed by atoms with E-state index < -0.39 is 20.5 Å². The fraction of sp³-hybridized carbons (Fsp3) is 0.0417. The molecule has 1 heterocycles. The van der Waals surface area contributed by atoms with Crippen LogP contribution in [0.5, 0.6) is 0 Å². The molecule has 1 aliphatic rings. The number of rotatable bonds is 5. The van der Waals surface area contributed by atoms with E-state index >= 15 is 0 Å². The van der Waals surface area contributed by atoms with Crippen molar-refractivity contribution in [3.63, 3.8) is 0 Å². The zero-order valence-electron chi connectivity index (χ0n) is 19.1. The molecule has 0 spiro atoms. The molecule has 190 valence electrons. The second-order valence-corrected chi connectivity index (χ2v) is 10.6. The quantitative estimate of drug-likeness (QED) is 0.198. The van der Waals surface area contributed by atoms with E-state index in [1.165, 1.54) is 35.2 Å². The van der Waals surface area contributed by atoms with Crippen molar-refractivity contribution in [2.24, 2.45) is 4.99 Å². The Balaban J connectivity index is 1.94. The van der Waals surface area contributed by atoms with Gasteiger partial charge in [0.05, 0.1) is 47.6 Å². The third-order valence-electron chi connectivity index (χ3n) is 5.38. The highest BCUT2D eigenvalue weighted by molar-refractivity contribution is 7.92. The molecule has 0 saturated carbocycles. The zero-order chi connectivity index (χ0) is 27.8. The maximum absolute atomic E-state index is 13.2. The molecule has 0 atom stereocenters. The van der Waals surface area contributed by atoms with E-state index in [1.54, 1.807) is 31.2 Å². The number of fused-ring (bicyclic) bond motifs is 1. The minimum Gasteiger partial charge on any atom is -0.293 e. The van der Waals surface area contributed by atoms with E-state index in [1.807, 2.05) is 0 Å². The first kappa shape index (κ1) is 26.9. The molecule has 3 aromatic carbocycles. The monoisotopic (exact) mass is 586 g/mol. The number of sulfonamides is 1. The van der Waals surface area contributed by atoms with Crippen LogP contribution in [0.1, 0.15) is 12.5 Å². The van der Waals surface area contributed by atoms with Gasteiger partial charge in [-0.1, -0.05) is 46.9 Å². The number of nitro benzene ring substituents is 1. The molecular formula is C24H13Cl3N6O4S. The molecular weight excluding hydrogens is 575 g/mol. The highest BCUT2D eigenvalue weighted by Gasteiger charge is 2.32. The Hall–Kier alpha value is -4.13. The molecule has 0 aromatic heterocycles. The number of halogens is 3. The molecule has 38 heavy (non-hydrogen) atoms. The molecule has 1 aliphatic heterocycles. The Bertz CT molecular complexity index is 1740. The van der Waals surface area contributed by atoms with E-state index in [2.05, 4.69) is 9.71 Å². The van der Waals surface area contributed by atoms with Gasteiger partial charge in [-0.15, -0.1) is 0 Å². The molecule has 1 N–H and O–H groups in total. The lowest BCUT2D eigenvalue weighted by atomic mass is 10.0. The van der Waals surface area contributed by atoms with Crippen LogP contribution in [0, 0.1) is 32.8 Å². The molecule has 10 nitrogen and oxygen atoms in total. The van der Waals surface area contributed by atoms with Crippen LogP contribution in [0.3, 0.4) is 0 Å². The average Bonchev–Trinajstić information content (AvgIpc) is 2.86. The number of amidine groups is 1. The molecule has 0 unspecified atom stereocenters. The Morgan fingerprint density at radius 1 is 1.03 bits per heavy atom. The van der Waals surface area contributed by atoms with Gasteiger partial charge >= 0.3 is 0 Å². The van der Waals surface area contributed by atoms with E-state index in [9.17, 15) is 29.1 Å². The van der Waals surface area contributed by atoms with Gasteiger partial charge in [0, 0.05) is 17.7 Å². The van der Waals surface area contributed by atoms with Crippen molar-refractivity contribution in [3.8, 4) is 12.1 Å². The van der Waals surface area contributed by atoms with Crippen molar-refractivity contribution in [1.82, 2.24) is 0 Å². The summed E-state index contributed by atoms with van der Waals surface area (Å²) in [6.07, 6.45) is 0. The normalized spacial score (nSPS) is 12.6. The molecule has 0 radical (unpaired) electrons. The molecule has 4 rings (SSSR count). The number of non-ortho nitro benzene ring substituents is 1. The SMILES string of the molecule is CC1=Nc2ccc(S(=O)(=O)Nc3ccccc3Cl)cc2C(=C(C#N)C#N)N1c1c(Cl)cc([N+](=O)[O-])cc1Cl. The lowest BCUT2D eigenvalue weighted by molar-refractivity contribution is -0.384. The van der Waals surface area contributed by atoms with Gasteiger partial charge in [0.2, 0.25) is 0 Å². The summed E-state index contributed by atoms with van der Waals surface area (Å²) in [7, 11) is -4.18. The van der Waals surface area contributed by atoms with Crippen molar-refractivity contribution in [2.45, 2.75) is 11.8 Å². The summed E-state index contributed by atoms with van der Waals surface area (Å²) in [5.41, 5.74) is -0.280. The fourth-order valence-corrected chi connectivity index (χ4v) is 5.73. The predicted octanol–water partition coefficient (Wildman–Crippen LogP) is 6.68. The van der Waals surface area contributed by atoms with Gasteiger partial charge in [-0.05, 0) is 37.3 Å². The zero-order valence-corrected chi connectivity index (χ0v) is 22.2. The number of aliphatic imine (C=N–C) groups is 1. The Morgan fingerprint density at radius 2 is 1.66 bits per heavy atom. The summed E-state index contributed by atoms with van der Waals surface area (Å²) >= 11 is 18.9. The Morgan fingerprint density at radius 3 is 2.24 bits per heavy atom. The maximum atomic E-state index is 13.2. The largest absolute Gasteiger partial charge is 0.293 e. The third kappa shape index (κ3) is 4.88. The van der Waals surface area contributed by atoms with E-state index in [0.29, 0.717) is 0 Å². The van der Waals surface area contributed by atoms with Crippen molar-refractivity contribution in [1.29, 1.82) is 10.5 Å². The minimum absolute atomic E-state index is 0.0197. The standard InChI is InChI=1S/C24H13Cl3N6O4S/c1-13-30-21-7-6-16(38(36,37)31-22-5-3-2-4-18(22)25)10-17(21)23(14(11-28)12-29)32(13)24-19(26)8-15(33(34)35)9-20(24)27/h2-10,31H,1H3. The fourth-order valence-electron chi connectivity index (χ4n) is 3.75. The van der Waals surface area contributed by atoms with Gasteiger partial charge in [0.15, 0.2) is 5.57 Å². The first-order chi connectivity index (χ1) is 18.0. The van der Waals surface area contributed by atoms with Crippen molar-refractivity contribution < 1.29 is 13.3 Å². The van der Waals surface area contributed by atoms with Crippen LogP contribution < -0.4 is 9.62 Å². The van der Waals surface area contributed by atoms with Crippen LogP contribution in [-0.4, -0.2) is 19.2 Å². The van der Waals surface area contributed by atoms with E-state index in [0.717, 1.165) is 12.1 Å². The second-order valence-electron chi connectivity index (χ2n) is 7.72. The molecule has 0 fully saturated rings. The van der Waals surface area contributed by atoms with Crippen LogP contribution in [-0.2, 0) is 10.0 Å². The lowest BCUT2D eigenvalue weighted by Gasteiger charge is -2.33. The second kappa shape index (κ2) is 10.3. The van der Waals surface area contributed by atoms with Gasteiger partial charge < -0.3 is 0 Å².